The van der Waals surface area contributed by atoms with Gasteiger partial charge in [-0.1, -0.05) is 41.4 Å². The normalized spacial score (nSPS) is 18.2. The van der Waals surface area contributed by atoms with Crippen LogP contribution < -0.4 is 10.8 Å². The zero-order valence-electron chi connectivity index (χ0n) is 15.7. The summed E-state index contributed by atoms with van der Waals surface area (Å²) in [6.07, 6.45) is 0. The van der Waals surface area contributed by atoms with Crippen LogP contribution in [-0.2, 0) is 9.31 Å². The first-order valence-electron chi connectivity index (χ1n) is 8.86. The highest BCUT2D eigenvalue weighted by atomic mass is 35.5. The topological polar surface area (TPSA) is 46.3 Å². The maximum absolute atomic E-state index is 6.53. The number of para-hydroxylation sites is 1. The molecular weight excluding hydrogens is 382 g/mol. The second-order valence-electron chi connectivity index (χ2n) is 7.84. The van der Waals surface area contributed by atoms with Gasteiger partial charge in [0.25, 0.3) is 0 Å². The monoisotopic (exact) mass is 402 g/mol. The minimum atomic E-state index is -0.483. The van der Waals surface area contributed by atoms with Gasteiger partial charge in [0.05, 0.1) is 21.7 Å². The maximum Gasteiger partial charge on any atom is 0.496 e. The van der Waals surface area contributed by atoms with E-state index in [4.69, 9.17) is 32.5 Å². The fourth-order valence-corrected chi connectivity index (χ4v) is 3.61. The maximum atomic E-state index is 6.53. The third-order valence-corrected chi connectivity index (χ3v) is 6.03. The third kappa shape index (κ3) is 3.34. The quantitative estimate of drug-likeness (QED) is 0.567. The van der Waals surface area contributed by atoms with Crippen LogP contribution in [0.25, 0.3) is 10.9 Å². The number of anilines is 2. The molecule has 140 valence electrons. The molecule has 0 aliphatic carbocycles. The summed E-state index contributed by atoms with van der Waals surface area (Å²) in [4.78, 5) is 3.29. The van der Waals surface area contributed by atoms with Crippen molar-refractivity contribution in [2.24, 2.45) is 0 Å². The number of rotatable bonds is 3. The molecule has 0 radical (unpaired) electrons. The van der Waals surface area contributed by atoms with Crippen molar-refractivity contribution >= 4 is 58.2 Å². The van der Waals surface area contributed by atoms with E-state index in [1.165, 1.54) is 0 Å². The van der Waals surface area contributed by atoms with E-state index in [9.17, 15) is 0 Å². The van der Waals surface area contributed by atoms with Crippen molar-refractivity contribution in [1.82, 2.24) is 4.98 Å². The highest BCUT2D eigenvalue weighted by Gasteiger charge is 2.52. The van der Waals surface area contributed by atoms with Gasteiger partial charge in [0.1, 0.15) is 5.82 Å². The second-order valence-corrected chi connectivity index (χ2v) is 8.65. The fraction of sp³-hybridized carbons (Fsp3) is 0.300. The lowest BCUT2D eigenvalue weighted by Gasteiger charge is -2.32. The highest BCUT2D eigenvalue weighted by molar-refractivity contribution is 6.65. The Morgan fingerprint density at radius 1 is 0.926 bits per heavy atom. The molecule has 2 aromatic carbocycles. The Balaban J connectivity index is 1.58. The predicted molar refractivity (Wildman–Crippen MR) is 114 cm³/mol. The summed E-state index contributed by atoms with van der Waals surface area (Å²) in [5, 5.41) is 5.66. The molecule has 4 nitrogen and oxygen atoms in total. The van der Waals surface area contributed by atoms with Crippen molar-refractivity contribution in [3.8, 4) is 0 Å². The van der Waals surface area contributed by atoms with Crippen molar-refractivity contribution in [3.63, 3.8) is 0 Å². The van der Waals surface area contributed by atoms with E-state index < -0.39 is 18.3 Å². The van der Waals surface area contributed by atoms with Crippen molar-refractivity contribution < 1.29 is 9.31 Å². The Hall–Kier alpha value is -1.66. The number of benzene rings is 2. The van der Waals surface area contributed by atoms with Crippen molar-refractivity contribution in [1.29, 1.82) is 0 Å². The molecule has 1 aliphatic heterocycles. The summed E-state index contributed by atoms with van der Waals surface area (Å²) in [5.74, 6) is 0.845. The van der Waals surface area contributed by atoms with Crippen LogP contribution in [0, 0.1) is 0 Å². The Kier molecular flexibility index (Phi) is 4.47. The van der Waals surface area contributed by atoms with Crippen LogP contribution in [0.4, 0.5) is 11.5 Å². The summed E-state index contributed by atoms with van der Waals surface area (Å²) < 4.78 is 12.2. The van der Waals surface area contributed by atoms with Crippen LogP contribution >= 0.6 is 23.2 Å². The van der Waals surface area contributed by atoms with Gasteiger partial charge in [0.2, 0.25) is 0 Å². The molecule has 0 unspecified atom stereocenters. The molecule has 1 saturated heterocycles. The Labute approximate surface area is 169 Å². The average Bonchev–Trinajstić information content (AvgIpc) is 3.06. The van der Waals surface area contributed by atoms with Gasteiger partial charge in [-0.3, -0.25) is 0 Å². The Morgan fingerprint density at radius 2 is 1.63 bits per heavy atom. The molecule has 0 saturated carbocycles. The van der Waals surface area contributed by atoms with Gasteiger partial charge < -0.3 is 19.6 Å². The number of hydrogen-bond acceptors (Lipinski definition) is 3. The number of fused-ring (bicyclic) bond motifs is 1. The van der Waals surface area contributed by atoms with Gasteiger partial charge in [-0.15, -0.1) is 0 Å². The van der Waals surface area contributed by atoms with Gasteiger partial charge in [0, 0.05) is 21.6 Å². The molecule has 0 bridgehead atoms. The van der Waals surface area contributed by atoms with E-state index in [1.807, 2.05) is 70.2 Å². The molecule has 1 aromatic heterocycles. The molecular formula is C20H21BCl2N2O2. The minimum Gasteiger partial charge on any atom is -0.399 e. The van der Waals surface area contributed by atoms with E-state index in [2.05, 4.69) is 10.3 Å². The smallest absolute Gasteiger partial charge is 0.399 e. The zero-order chi connectivity index (χ0) is 19.4. The SMILES string of the molecule is CC1(C)OB(c2ccc(Nc3cc4cccc(Cl)c4[nH]3)cc2Cl)OC1(C)C. The lowest BCUT2D eigenvalue weighted by atomic mass is 9.79. The molecule has 2 N–H and O–H groups in total. The molecule has 0 atom stereocenters. The first-order chi connectivity index (χ1) is 12.7. The van der Waals surface area contributed by atoms with Gasteiger partial charge in [0.15, 0.2) is 0 Å². The van der Waals surface area contributed by atoms with Crippen LogP contribution in [0.5, 0.6) is 0 Å². The lowest BCUT2D eigenvalue weighted by Crippen LogP contribution is -2.41. The molecule has 0 amide bonds. The van der Waals surface area contributed by atoms with Gasteiger partial charge in [-0.25, -0.2) is 0 Å². The highest BCUT2D eigenvalue weighted by Crippen LogP contribution is 2.37. The van der Waals surface area contributed by atoms with E-state index >= 15 is 0 Å². The number of halogens is 2. The third-order valence-electron chi connectivity index (χ3n) is 5.39. The predicted octanol–water partition coefficient (Wildman–Crippen LogP) is 5.52. The second kappa shape index (κ2) is 6.45. The van der Waals surface area contributed by atoms with Crippen molar-refractivity contribution in [2.45, 2.75) is 38.9 Å². The number of H-pyrrole nitrogens is 1. The van der Waals surface area contributed by atoms with Gasteiger partial charge in [-0.2, -0.15) is 0 Å². The molecule has 2 heterocycles. The van der Waals surface area contributed by atoms with Crippen LogP contribution in [0.15, 0.2) is 42.5 Å². The standard InChI is InChI=1S/C20H21BCl2N2O2/c1-19(2)20(3,4)27-21(26-19)14-9-8-13(11-16(14)23)24-17-10-12-6-5-7-15(22)18(12)25-17/h5-11,24-25H,1-4H3. The molecule has 4 rings (SSSR count). The number of aromatic nitrogens is 1. The largest absolute Gasteiger partial charge is 0.496 e. The van der Waals surface area contributed by atoms with E-state index in [1.54, 1.807) is 0 Å². The van der Waals surface area contributed by atoms with Crippen molar-refractivity contribution in [3.05, 3.63) is 52.5 Å². The van der Waals surface area contributed by atoms with Gasteiger partial charge >= 0.3 is 7.12 Å². The molecule has 7 heteroatoms. The van der Waals surface area contributed by atoms with E-state index in [0.717, 1.165) is 27.9 Å². The first-order valence-corrected chi connectivity index (χ1v) is 9.61. The summed E-state index contributed by atoms with van der Waals surface area (Å²) >= 11 is 12.8. The summed E-state index contributed by atoms with van der Waals surface area (Å²) in [5.41, 5.74) is 1.79. The first kappa shape index (κ1) is 18.7. The fourth-order valence-electron chi connectivity index (χ4n) is 3.11. The summed E-state index contributed by atoms with van der Waals surface area (Å²) in [6, 6.07) is 13.6. The van der Waals surface area contributed by atoms with E-state index in [-0.39, 0.29) is 0 Å². The van der Waals surface area contributed by atoms with Crippen LogP contribution in [0.1, 0.15) is 27.7 Å². The number of nitrogens with one attached hydrogen (secondary N) is 2. The van der Waals surface area contributed by atoms with Crippen LogP contribution in [-0.4, -0.2) is 23.3 Å². The average molecular weight is 403 g/mol. The summed E-state index contributed by atoms with van der Waals surface area (Å²) in [7, 11) is -0.483. The van der Waals surface area contributed by atoms with Crippen LogP contribution in [0.3, 0.4) is 0 Å². The van der Waals surface area contributed by atoms with Gasteiger partial charge in [-0.05, 0) is 52.0 Å². The molecule has 1 fully saturated rings. The van der Waals surface area contributed by atoms with E-state index in [0.29, 0.717) is 10.0 Å². The van der Waals surface area contributed by atoms with Crippen molar-refractivity contribution in [2.75, 3.05) is 5.32 Å². The number of hydrogen-bond donors (Lipinski definition) is 2. The number of aromatic amines is 1. The Morgan fingerprint density at radius 3 is 2.26 bits per heavy atom. The Bertz CT molecular complexity index is 1000. The molecule has 27 heavy (non-hydrogen) atoms. The molecule has 3 aromatic rings. The molecule has 1 aliphatic rings. The lowest BCUT2D eigenvalue weighted by molar-refractivity contribution is 0.00578. The van der Waals surface area contributed by atoms with Crippen LogP contribution in [0.2, 0.25) is 10.0 Å². The molecule has 0 spiro atoms. The minimum absolute atomic E-state index is 0.401. The zero-order valence-corrected chi connectivity index (χ0v) is 17.2. The summed E-state index contributed by atoms with van der Waals surface area (Å²) in [6.45, 7) is 8.10.